The van der Waals surface area contributed by atoms with Crippen molar-refractivity contribution in [3.63, 3.8) is 0 Å². The number of methoxy groups -OCH3 is 4. The SMILES string of the molecule is COc1ccc(C(OC)OC)cc1.COc1ccc(C2N[C@@H](c3ccccc3)[C@H](C(=O)OCc3ccccc3)O2)cc1.N[C@@H](c1ccccc1)[C@@H](O)C(=O)OCc1ccccc1. The minimum Gasteiger partial charge on any atom is -0.497 e. The number of carbonyl (C=O) groups excluding carboxylic acids is 2. The Bertz CT molecular complexity index is 2180. The second-order valence-electron chi connectivity index (χ2n) is 13.9. The van der Waals surface area contributed by atoms with E-state index in [4.69, 9.17) is 38.9 Å². The molecule has 62 heavy (non-hydrogen) atoms. The number of carbonyl (C=O) groups is 2. The van der Waals surface area contributed by atoms with Gasteiger partial charge in [0.15, 0.2) is 18.5 Å². The number of esters is 2. The zero-order valence-electron chi connectivity index (χ0n) is 35.2. The lowest BCUT2D eigenvalue weighted by molar-refractivity contribution is -0.158. The monoisotopic (exact) mass is 842 g/mol. The third-order valence-electron chi connectivity index (χ3n) is 9.76. The van der Waals surface area contributed by atoms with Crippen molar-refractivity contribution >= 4 is 11.9 Å². The van der Waals surface area contributed by atoms with Gasteiger partial charge in [-0.1, -0.05) is 146 Å². The first kappa shape index (κ1) is 46.7. The minimum atomic E-state index is -1.37. The Balaban J connectivity index is 0.000000191. The molecule has 5 atom stereocenters. The molecule has 1 heterocycles. The van der Waals surface area contributed by atoms with Crippen LogP contribution in [0.3, 0.4) is 0 Å². The summed E-state index contributed by atoms with van der Waals surface area (Å²) < 4.78 is 37.2. The van der Waals surface area contributed by atoms with Crippen LogP contribution >= 0.6 is 0 Å². The van der Waals surface area contributed by atoms with Crippen molar-refractivity contribution in [3.05, 3.63) is 203 Å². The summed E-state index contributed by atoms with van der Waals surface area (Å²) in [4.78, 5) is 24.7. The number of hydrogen-bond donors (Lipinski definition) is 3. The summed E-state index contributed by atoms with van der Waals surface area (Å²) in [5.41, 5.74) is 11.2. The van der Waals surface area contributed by atoms with E-state index in [1.165, 1.54) is 0 Å². The highest BCUT2D eigenvalue weighted by molar-refractivity contribution is 5.76. The maximum absolute atomic E-state index is 12.9. The summed E-state index contributed by atoms with van der Waals surface area (Å²) in [6, 6.07) is 51.8. The first-order valence-corrected chi connectivity index (χ1v) is 19.9. The van der Waals surface area contributed by atoms with Gasteiger partial charge in [0.1, 0.15) is 30.9 Å². The molecule has 0 bridgehead atoms. The van der Waals surface area contributed by atoms with Crippen LogP contribution in [-0.2, 0) is 46.5 Å². The van der Waals surface area contributed by atoms with Crippen LogP contribution in [0.25, 0.3) is 0 Å². The topological polar surface area (TPSA) is 157 Å². The lowest BCUT2D eigenvalue weighted by atomic mass is 10.0. The summed E-state index contributed by atoms with van der Waals surface area (Å²) in [6.07, 6.45) is -2.83. The Morgan fingerprint density at radius 1 is 0.597 bits per heavy atom. The third kappa shape index (κ3) is 13.8. The molecule has 7 rings (SSSR count). The molecular formula is C50H54N2O10. The van der Waals surface area contributed by atoms with Crippen LogP contribution in [0.15, 0.2) is 170 Å². The first-order valence-electron chi connectivity index (χ1n) is 19.9. The fraction of sp³-hybridized carbons (Fsp3) is 0.240. The van der Waals surface area contributed by atoms with E-state index >= 15 is 0 Å². The molecule has 0 spiro atoms. The maximum atomic E-state index is 12.9. The fourth-order valence-electron chi connectivity index (χ4n) is 6.35. The molecule has 1 saturated heterocycles. The Morgan fingerprint density at radius 3 is 1.56 bits per heavy atom. The minimum absolute atomic E-state index is 0.123. The van der Waals surface area contributed by atoms with Crippen molar-refractivity contribution in [1.82, 2.24) is 5.32 Å². The molecule has 1 aliphatic rings. The molecule has 6 aromatic rings. The fourth-order valence-corrected chi connectivity index (χ4v) is 6.35. The Hall–Kier alpha value is -6.38. The van der Waals surface area contributed by atoms with Crippen molar-refractivity contribution in [2.75, 3.05) is 28.4 Å². The lowest BCUT2D eigenvalue weighted by Crippen LogP contribution is -2.34. The van der Waals surface area contributed by atoms with E-state index in [1.54, 1.807) is 52.7 Å². The molecule has 0 aliphatic carbocycles. The smallest absolute Gasteiger partial charge is 0.337 e. The lowest BCUT2D eigenvalue weighted by Gasteiger charge is -2.18. The number of ether oxygens (including phenoxy) is 7. The number of aliphatic hydroxyl groups is 1. The Kier molecular flexibility index (Phi) is 18.7. The van der Waals surface area contributed by atoms with Gasteiger partial charge >= 0.3 is 11.9 Å². The van der Waals surface area contributed by atoms with E-state index in [9.17, 15) is 14.7 Å². The Morgan fingerprint density at radius 2 is 1.06 bits per heavy atom. The van der Waals surface area contributed by atoms with Crippen molar-refractivity contribution < 1.29 is 47.9 Å². The van der Waals surface area contributed by atoms with E-state index in [-0.39, 0.29) is 31.5 Å². The van der Waals surface area contributed by atoms with Crippen molar-refractivity contribution in [3.8, 4) is 11.5 Å². The standard InChI is InChI=1S/C24H23NO4.C16H17NO3.C10H14O3/c1-27-20-14-12-19(13-15-20)23-25-21(18-10-6-3-7-11-18)22(29-23)24(26)28-16-17-8-4-2-5-9-17;17-14(13-9-5-2-6-10-13)15(18)16(19)20-11-12-7-3-1-4-8-12;1-11-9-6-4-8(5-7-9)10(12-2)13-3/h2-15,21-23,25H,16H2,1H3;1-10,14-15,18H,11,17H2;4-7,10H,1-3H3/t21-,22+,23?;14-,15+;/m00./s1. The summed E-state index contributed by atoms with van der Waals surface area (Å²) >= 11 is 0. The van der Waals surface area contributed by atoms with Gasteiger partial charge in [0.2, 0.25) is 0 Å². The summed E-state index contributed by atoms with van der Waals surface area (Å²) in [5, 5.41) is 13.3. The highest BCUT2D eigenvalue weighted by Crippen LogP contribution is 2.35. The summed E-state index contributed by atoms with van der Waals surface area (Å²) in [6.45, 7) is 0.340. The number of nitrogens with two attached hydrogens (primary N) is 1. The molecule has 4 N–H and O–H groups in total. The van der Waals surface area contributed by atoms with Crippen LogP contribution in [0.1, 0.15) is 58.0 Å². The maximum Gasteiger partial charge on any atom is 0.337 e. The Labute approximate surface area is 363 Å². The molecule has 1 fully saturated rings. The third-order valence-corrected chi connectivity index (χ3v) is 9.76. The number of hydrogen-bond acceptors (Lipinski definition) is 12. The molecule has 1 aliphatic heterocycles. The van der Waals surface area contributed by atoms with Gasteiger partial charge in [-0.15, -0.1) is 0 Å². The van der Waals surface area contributed by atoms with Gasteiger partial charge in [0.05, 0.1) is 26.3 Å². The average molecular weight is 843 g/mol. The largest absolute Gasteiger partial charge is 0.497 e. The van der Waals surface area contributed by atoms with Crippen molar-refractivity contribution in [1.29, 1.82) is 0 Å². The number of aliphatic hydroxyl groups excluding tert-OH is 1. The van der Waals surface area contributed by atoms with Crippen LogP contribution in [-0.4, -0.2) is 57.7 Å². The first-order chi connectivity index (χ1) is 30.2. The van der Waals surface area contributed by atoms with Crippen LogP contribution in [0.2, 0.25) is 0 Å². The van der Waals surface area contributed by atoms with E-state index in [0.717, 1.165) is 39.3 Å². The van der Waals surface area contributed by atoms with E-state index in [1.807, 2.05) is 146 Å². The normalized spacial score (nSPS) is 16.3. The molecule has 1 unspecified atom stereocenters. The molecular weight excluding hydrogens is 789 g/mol. The molecule has 12 heteroatoms. The number of rotatable bonds is 15. The zero-order valence-corrected chi connectivity index (χ0v) is 35.2. The van der Waals surface area contributed by atoms with E-state index < -0.39 is 30.4 Å². The summed E-state index contributed by atoms with van der Waals surface area (Å²) in [7, 11) is 6.49. The van der Waals surface area contributed by atoms with Gasteiger partial charge in [0, 0.05) is 19.8 Å². The number of nitrogens with one attached hydrogen (secondary N) is 1. The predicted octanol–water partition coefficient (Wildman–Crippen LogP) is 7.94. The second-order valence-corrected chi connectivity index (χ2v) is 13.9. The molecule has 0 amide bonds. The van der Waals surface area contributed by atoms with E-state index in [2.05, 4.69) is 5.32 Å². The van der Waals surface area contributed by atoms with Gasteiger partial charge in [-0.2, -0.15) is 0 Å². The van der Waals surface area contributed by atoms with Crippen molar-refractivity contribution in [2.45, 2.75) is 50.0 Å². The predicted molar refractivity (Wildman–Crippen MR) is 235 cm³/mol. The highest BCUT2D eigenvalue weighted by Gasteiger charge is 2.42. The van der Waals surface area contributed by atoms with Crippen LogP contribution in [0.5, 0.6) is 11.5 Å². The van der Waals surface area contributed by atoms with Gasteiger partial charge in [0.25, 0.3) is 0 Å². The zero-order chi connectivity index (χ0) is 44.1. The number of benzene rings is 6. The molecule has 0 radical (unpaired) electrons. The van der Waals surface area contributed by atoms with Gasteiger partial charge in [-0.05, 0) is 52.1 Å². The van der Waals surface area contributed by atoms with Gasteiger partial charge in [-0.25, -0.2) is 9.59 Å². The van der Waals surface area contributed by atoms with Crippen LogP contribution in [0, 0.1) is 0 Å². The van der Waals surface area contributed by atoms with E-state index in [0.29, 0.717) is 5.56 Å². The molecule has 0 saturated carbocycles. The molecule has 6 aromatic carbocycles. The molecule has 324 valence electrons. The summed E-state index contributed by atoms with van der Waals surface area (Å²) in [5.74, 6) is 0.497. The highest BCUT2D eigenvalue weighted by atomic mass is 16.7. The molecule has 12 nitrogen and oxygen atoms in total. The molecule has 0 aromatic heterocycles. The second kappa shape index (κ2) is 24.8. The quantitative estimate of drug-likeness (QED) is 0.0679. The van der Waals surface area contributed by atoms with Crippen LogP contribution in [0.4, 0.5) is 0 Å². The van der Waals surface area contributed by atoms with Crippen molar-refractivity contribution in [2.24, 2.45) is 5.73 Å². The van der Waals surface area contributed by atoms with Gasteiger partial charge < -0.3 is 44.0 Å². The van der Waals surface area contributed by atoms with Gasteiger partial charge in [-0.3, -0.25) is 5.32 Å². The van der Waals surface area contributed by atoms with Crippen LogP contribution < -0.4 is 20.5 Å². The average Bonchev–Trinajstić information content (AvgIpc) is 3.80.